The second-order valence-electron chi connectivity index (χ2n) is 7.03. The first-order valence-corrected chi connectivity index (χ1v) is 9.42. The van der Waals surface area contributed by atoms with Gasteiger partial charge in [0.2, 0.25) is 5.91 Å². The Bertz CT molecular complexity index is 855. The molecule has 27 heavy (non-hydrogen) atoms. The SMILES string of the molecule is O=C(NC1CC1)[C@H](NCc1ccc(Cn2cccn2)cc1)c1ccccc1. The molecule has 1 saturated carbocycles. The van der Waals surface area contributed by atoms with E-state index in [1.54, 1.807) is 6.20 Å². The van der Waals surface area contributed by atoms with Crippen LogP contribution in [-0.4, -0.2) is 21.7 Å². The average Bonchev–Trinajstić information content (AvgIpc) is 3.36. The van der Waals surface area contributed by atoms with E-state index in [0.29, 0.717) is 12.6 Å². The summed E-state index contributed by atoms with van der Waals surface area (Å²) in [6.45, 7) is 1.40. The molecule has 1 fully saturated rings. The molecule has 4 rings (SSSR count). The van der Waals surface area contributed by atoms with Crippen molar-refractivity contribution in [2.75, 3.05) is 0 Å². The average molecular weight is 360 g/mol. The van der Waals surface area contributed by atoms with Gasteiger partial charge in [-0.25, -0.2) is 0 Å². The zero-order valence-electron chi connectivity index (χ0n) is 15.2. The lowest BCUT2D eigenvalue weighted by molar-refractivity contribution is -0.123. The van der Waals surface area contributed by atoms with Crippen LogP contribution < -0.4 is 10.6 Å². The first-order valence-electron chi connectivity index (χ1n) is 9.42. The lowest BCUT2D eigenvalue weighted by Crippen LogP contribution is -2.38. The number of hydrogen-bond donors (Lipinski definition) is 2. The van der Waals surface area contributed by atoms with E-state index in [9.17, 15) is 4.79 Å². The summed E-state index contributed by atoms with van der Waals surface area (Å²) in [5.74, 6) is 0.0546. The molecule has 0 saturated heterocycles. The molecule has 2 aromatic carbocycles. The van der Waals surface area contributed by atoms with Crippen LogP contribution in [0.2, 0.25) is 0 Å². The molecule has 0 unspecified atom stereocenters. The second-order valence-corrected chi connectivity index (χ2v) is 7.03. The third-order valence-electron chi connectivity index (χ3n) is 4.76. The van der Waals surface area contributed by atoms with Crippen LogP contribution in [0.3, 0.4) is 0 Å². The van der Waals surface area contributed by atoms with Crippen molar-refractivity contribution in [3.63, 3.8) is 0 Å². The summed E-state index contributed by atoms with van der Waals surface area (Å²) in [7, 11) is 0. The quantitative estimate of drug-likeness (QED) is 0.649. The highest BCUT2D eigenvalue weighted by atomic mass is 16.2. The van der Waals surface area contributed by atoms with E-state index in [1.165, 1.54) is 5.56 Å². The van der Waals surface area contributed by atoms with E-state index in [4.69, 9.17) is 0 Å². The summed E-state index contributed by atoms with van der Waals surface area (Å²) in [6, 6.07) is 20.3. The molecule has 0 bridgehead atoms. The first-order chi connectivity index (χ1) is 13.3. The lowest BCUT2D eigenvalue weighted by atomic mass is 10.1. The van der Waals surface area contributed by atoms with Gasteiger partial charge in [0.05, 0.1) is 6.54 Å². The Labute approximate surface area is 159 Å². The summed E-state index contributed by atoms with van der Waals surface area (Å²) in [4.78, 5) is 12.7. The van der Waals surface area contributed by atoms with Crippen molar-refractivity contribution in [2.24, 2.45) is 0 Å². The summed E-state index contributed by atoms with van der Waals surface area (Å²) in [5, 5.41) is 10.8. The van der Waals surface area contributed by atoms with Gasteiger partial charge in [0, 0.05) is 25.0 Å². The number of nitrogens with one attached hydrogen (secondary N) is 2. The third kappa shape index (κ3) is 4.83. The Hall–Kier alpha value is -2.92. The topological polar surface area (TPSA) is 59.0 Å². The molecule has 5 nitrogen and oxygen atoms in total. The van der Waals surface area contributed by atoms with E-state index >= 15 is 0 Å². The van der Waals surface area contributed by atoms with Crippen LogP contribution >= 0.6 is 0 Å². The number of nitrogens with zero attached hydrogens (tertiary/aromatic N) is 2. The van der Waals surface area contributed by atoms with Crippen LogP contribution in [0.1, 0.15) is 35.6 Å². The monoisotopic (exact) mass is 360 g/mol. The summed E-state index contributed by atoms with van der Waals surface area (Å²) in [5.41, 5.74) is 3.35. The van der Waals surface area contributed by atoms with Gasteiger partial charge in [-0.3, -0.25) is 14.8 Å². The van der Waals surface area contributed by atoms with Crippen LogP contribution in [0.5, 0.6) is 0 Å². The molecule has 1 aliphatic carbocycles. The smallest absolute Gasteiger partial charge is 0.241 e. The van der Waals surface area contributed by atoms with Gasteiger partial charge in [-0.05, 0) is 35.6 Å². The zero-order chi connectivity index (χ0) is 18.5. The van der Waals surface area contributed by atoms with E-state index in [-0.39, 0.29) is 11.9 Å². The largest absolute Gasteiger partial charge is 0.352 e. The summed E-state index contributed by atoms with van der Waals surface area (Å²) < 4.78 is 1.90. The highest BCUT2D eigenvalue weighted by Gasteiger charge is 2.28. The van der Waals surface area contributed by atoms with Crippen LogP contribution in [-0.2, 0) is 17.9 Å². The molecule has 1 aromatic heterocycles. The van der Waals surface area contributed by atoms with Crippen molar-refractivity contribution in [1.82, 2.24) is 20.4 Å². The van der Waals surface area contributed by atoms with Crippen molar-refractivity contribution in [1.29, 1.82) is 0 Å². The minimum Gasteiger partial charge on any atom is -0.352 e. The Morgan fingerprint density at radius 2 is 1.78 bits per heavy atom. The first kappa shape index (κ1) is 17.5. The number of carbonyl (C=O) groups excluding carboxylic acids is 1. The molecule has 1 aliphatic rings. The number of rotatable bonds is 8. The van der Waals surface area contributed by atoms with Crippen molar-refractivity contribution in [3.05, 3.63) is 89.7 Å². The van der Waals surface area contributed by atoms with Crippen molar-refractivity contribution in [2.45, 2.75) is 38.0 Å². The van der Waals surface area contributed by atoms with Crippen LogP contribution in [0.15, 0.2) is 73.1 Å². The van der Waals surface area contributed by atoms with Gasteiger partial charge in [-0.1, -0.05) is 54.6 Å². The van der Waals surface area contributed by atoms with E-state index < -0.39 is 0 Å². The molecular formula is C22H24N4O. The fourth-order valence-corrected chi connectivity index (χ4v) is 3.08. The van der Waals surface area contributed by atoms with Gasteiger partial charge in [-0.15, -0.1) is 0 Å². The normalized spacial score (nSPS) is 14.7. The van der Waals surface area contributed by atoms with E-state index in [0.717, 1.165) is 30.5 Å². The number of amides is 1. The summed E-state index contributed by atoms with van der Waals surface area (Å²) in [6.07, 6.45) is 5.92. The maximum atomic E-state index is 12.7. The van der Waals surface area contributed by atoms with Crippen LogP contribution in [0.4, 0.5) is 0 Å². The van der Waals surface area contributed by atoms with Gasteiger partial charge >= 0.3 is 0 Å². The number of hydrogen-bond acceptors (Lipinski definition) is 3. The molecule has 0 radical (unpaired) electrons. The van der Waals surface area contributed by atoms with Crippen molar-refractivity contribution >= 4 is 5.91 Å². The maximum Gasteiger partial charge on any atom is 0.241 e. The highest BCUT2D eigenvalue weighted by molar-refractivity contribution is 5.83. The highest BCUT2D eigenvalue weighted by Crippen LogP contribution is 2.21. The fraction of sp³-hybridized carbons (Fsp3) is 0.273. The molecule has 1 amide bonds. The summed E-state index contributed by atoms with van der Waals surface area (Å²) >= 11 is 0. The van der Waals surface area contributed by atoms with E-state index in [1.807, 2.05) is 47.3 Å². The molecular weight excluding hydrogens is 336 g/mol. The molecule has 5 heteroatoms. The van der Waals surface area contributed by atoms with E-state index in [2.05, 4.69) is 40.0 Å². The number of aromatic nitrogens is 2. The van der Waals surface area contributed by atoms with Gasteiger partial charge < -0.3 is 5.32 Å². The Balaban J connectivity index is 1.40. The molecule has 1 heterocycles. The second kappa shape index (κ2) is 8.18. The van der Waals surface area contributed by atoms with Gasteiger partial charge in [-0.2, -0.15) is 5.10 Å². The predicted octanol–water partition coefficient (Wildman–Crippen LogP) is 3.04. The number of benzene rings is 2. The number of carbonyl (C=O) groups is 1. The Kier molecular flexibility index (Phi) is 5.30. The molecule has 0 aliphatic heterocycles. The minimum atomic E-state index is -0.337. The predicted molar refractivity (Wildman–Crippen MR) is 105 cm³/mol. The lowest BCUT2D eigenvalue weighted by Gasteiger charge is -2.19. The molecule has 1 atom stereocenters. The van der Waals surface area contributed by atoms with Gasteiger partial charge in [0.25, 0.3) is 0 Å². The maximum absolute atomic E-state index is 12.7. The third-order valence-corrected chi connectivity index (χ3v) is 4.76. The standard InChI is InChI=1S/C22H24N4O/c27-22(25-20-11-12-20)21(19-5-2-1-3-6-19)23-15-17-7-9-18(10-8-17)16-26-14-4-13-24-26/h1-10,13-14,20-21,23H,11-12,15-16H2,(H,25,27)/t21-/m1/s1. The van der Waals surface area contributed by atoms with Crippen LogP contribution in [0, 0.1) is 0 Å². The molecule has 3 aromatic rings. The van der Waals surface area contributed by atoms with Crippen molar-refractivity contribution < 1.29 is 4.79 Å². The van der Waals surface area contributed by atoms with Gasteiger partial charge in [0.1, 0.15) is 6.04 Å². The Morgan fingerprint density at radius 1 is 1.04 bits per heavy atom. The Morgan fingerprint density at radius 3 is 2.44 bits per heavy atom. The molecule has 2 N–H and O–H groups in total. The van der Waals surface area contributed by atoms with Crippen molar-refractivity contribution in [3.8, 4) is 0 Å². The fourth-order valence-electron chi connectivity index (χ4n) is 3.08. The minimum absolute atomic E-state index is 0.0546. The molecule has 138 valence electrons. The zero-order valence-corrected chi connectivity index (χ0v) is 15.2. The molecule has 0 spiro atoms. The van der Waals surface area contributed by atoms with Crippen LogP contribution in [0.25, 0.3) is 0 Å². The van der Waals surface area contributed by atoms with Gasteiger partial charge in [0.15, 0.2) is 0 Å².